The number of carbonyl (C=O) groups is 2. The van der Waals surface area contributed by atoms with E-state index < -0.39 is 0 Å². The molecule has 0 spiro atoms. The molecule has 1 N–H and O–H groups in total. The average Bonchev–Trinajstić information content (AvgIpc) is 3.15. The van der Waals surface area contributed by atoms with Gasteiger partial charge in [0.05, 0.1) is 0 Å². The highest BCUT2D eigenvalue weighted by Gasteiger charge is 2.36. The number of nitrogens with one attached hydrogen (secondary N) is 1. The molecule has 31 heavy (non-hydrogen) atoms. The van der Waals surface area contributed by atoms with Crippen LogP contribution in [-0.4, -0.2) is 65.2 Å². The van der Waals surface area contributed by atoms with Gasteiger partial charge in [-0.1, -0.05) is 18.2 Å². The van der Waals surface area contributed by atoms with Crippen LogP contribution in [0.15, 0.2) is 53.4 Å². The number of amides is 4. The zero-order valence-electron chi connectivity index (χ0n) is 17.6. The second kappa shape index (κ2) is 9.60. The quantitative estimate of drug-likeness (QED) is 0.695. The predicted molar refractivity (Wildman–Crippen MR) is 121 cm³/mol. The van der Waals surface area contributed by atoms with Crippen molar-refractivity contribution in [2.24, 2.45) is 0 Å². The Hall–Kier alpha value is -2.74. The van der Waals surface area contributed by atoms with Gasteiger partial charge in [-0.25, -0.2) is 14.0 Å². The Morgan fingerprint density at radius 2 is 1.84 bits per heavy atom. The Kier molecular flexibility index (Phi) is 6.65. The summed E-state index contributed by atoms with van der Waals surface area (Å²) in [7, 11) is 0. The van der Waals surface area contributed by atoms with Gasteiger partial charge in [-0.15, -0.1) is 11.8 Å². The van der Waals surface area contributed by atoms with Crippen molar-refractivity contribution in [3.63, 3.8) is 0 Å². The number of nitrogens with zero attached hydrogens (tertiary/aromatic N) is 3. The third kappa shape index (κ3) is 5.12. The summed E-state index contributed by atoms with van der Waals surface area (Å²) in [4.78, 5) is 32.2. The van der Waals surface area contributed by atoms with Crippen LogP contribution in [-0.2, 0) is 6.54 Å². The molecule has 0 aromatic heterocycles. The molecule has 0 radical (unpaired) electrons. The minimum absolute atomic E-state index is 0.0288. The van der Waals surface area contributed by atoms with E-state index in [2.05, 4.69) is 5.32 Å². The van der Waals surface area contributed by atoms with Crippen molar-refractivity contribution in [1.29, 1.82) is 0 Å². The van der Waals surface area contributed by atoms with Gasteiger partial charge >= 0.3 is 12.1 Å². The second-order valence-electron chi connectivity index (χ2n) is 7.90. The van der Waals surface area contributed by atoms with Gasteiger partial charge in [-0.3, -0.25) is 0 Å². The summed E-state index contributed by atoms with van der Waals surface area (Å²) in [5, 5.41) is 2.98. The molecular formula is C23H27FN4O2S. The van der Waals surface area contributed by atoms with Gasteiger partial charge in [0, 0.05) is 49.3 Å². The molecule has 8 heteroatoms. The number of anilines is 1. The summed E-state index contributed by atoms with van der Waals surface area (Å²) in [6.45, 7) is 3.11. The number of urea groups is 2. The fraction of sp³-hybridized carbons (Fsp3) is 0.391. The van der Waals surface area contributed by atoms with Crippen molar-refractivity contribution < 1.29 is 14.0 Å². The van der Waals surface area contributed by atoms with Crippen molar-refractivity contribution in [2.45, 2.75) is 30.3 Å². The monoisotopic (exact) mass is 442 g/mol. The SMILES string of the molecule is CSc1cccc(NC(=O)N2CCC(N3CCN(Cc4ccc(F)cc4)C3=O)CC2)c1. The van der Waals surface area contributed by atoms with Crippen LogP contribution in [0.3, 0.4) is 0 Å². The number of hydrogen-bond donors (Lipinski definition) is 1. The maximum absolute atomic E-state index is 13.1. The number of carbonyl (C=O) groups excluding carboxylic acids is 2. The average molecular weight is 443 g/mol. The molecule has 0 unspecified atom stereocenters. The number of likely N-dealkylation sites (tertiary alicyclic amines) is 1. The van der Waals surface area contributed by atoms with Crippen molar-refractivity contribution in [3.05, 3.63) is 59.9 Å². The molecule has 0 bridgehead atoms. The number of piperidine rings is 1. The smallest absolute Gasteiger partial charge is 0.321 e. The standard InChI is InChI=1S/C23H27FN4O2S/c1-31-21-4-2-3-19(15-21)25-22(29)26-11-9-20(10-12-26)28-14-13-27(23(28)30)16-17-5-7-18(24)8-6-17/h2-8,15,20H,9-14,16H2,1H3,(H,25,29). The fourth-order valence-corrected chi connectivity index (χ4v) is 4.64. The predicted octanol–water partition coefficient (Wildman–Crippen LogP) is 4.48. The first-order valence-corrected chi connectivity index (χ1v) is 11.8. The van der Waals surface area contributed by atoms with E-state index in [9.17, 15) is 14.0 Å². The Morgan fingerprint density at radius 1 is 1.10 bits per heavy atom. The zero-order valence-corrected chi connectivity index (χ0v) is 18.4. The van der Waals surface area contributed by atoms with Crippen LogP contribution in [0.5, 0.6) is 0 Å². The van der Waals surface area contributed by atoms with E-state index in [1.165, 1.54) is 12.1 Å². The molecule has 0 aliphatic carbocycles. The minimum atomic E-state index is -0.272. The number of benzene rings is 2. The summed E-state index contributed by atoms with van der Waals surface area (Å²) in [6.07, 6.45) is 3.55. The van der Waals surface area contributed by atoms with Gasteiger partial charge in [0.25, 0.3) is 0 Å². The van der Waals surface area contributed by atoms with E-state index in [4.69, 9.17) is 0 Å². The normalized spacial score (nSPS) is 17.4. The summed E-state index contributed by atoms with van der Waals surface area (Å²) >= 11 is 1.64. The summed E-state index contributed by atoms with van der Waals surface area (Å²) < 4.78 is 13.1. The van der Waals surface area contributed by atoms with Gasteiger partial charge in [-0.2, -0.15) is 0 Å². The Morgan fingerprint density at radius 3 is 2.55 bits per heavy atom. The van der Waals surface area contributed by atoms with E-state index in [1.54, 1.807) is 23.9 Å². The van der Waals surface area contributed by atoms with Crippen LogP contribution in [0.25, 0.3) is 0 Å². The largest absolute Gasteiger partial charge is 0.324 e. The number of rotatable bonds is 5. The van der Waals surface area contributed by atoms with Crippen LogP contribution in [0.1, 0.15) is 18.4 Å². The van der Waals surface area contributed by atoms with E-state index >= 15 is 0 Å². The first kappa shape index (κ1) is 21.5. The third-order valence-corrected chi connectivity index (χ3v) is 6.65. The lowest BCUT2D eigenvalue weighted by atomic mass is 10.0. The highest BCUT2D eigenvalue weighted by Crippen LogP contribution is 2.24. The van der Waals surface area contributed by atoms with E-state index in [1.807, 2.05) is 45.2 Å². The maximum Gasteiger partial charge on any atom is 0.321 e. The maximum atomic E-state index is 13.1. The molecule has 4 rings (SSSR count). The van der Waals surface area contributed by atoms with E-state index in [0.717, 1.165) is 29.0 Å². The molecule has 2 fully saturated rings. The highest BCUT2D eigenvalue weighted by atomic mass is 32.2. The van der Waals surface area contributed by atoms with E-state index in [0.29, 0.717) is 32.7 Å². The zero-order chi connectivity index (χ0) is 21.8. The van der Waals surface area contributed by atoms with Crippen LogP contribution in [0.2, 0.25) is 0 Å². The molecule has 2 aromatic rings. The highest BCUT2D eigenvalue weighted by molar-refractivity contribution is 7.98. The molecule has 2 heterocycles. The molecule has 164 valence electrons. The molecule has 2 aliphatic heterocycles. The van der Waals surface area contributed by atoms with Gasteiger partial charge < -0.3 is 20.0 Å². The minimum Gasteiger partial charge on any atom is -0.324 e. The van der Waals surface area contributed by atoms with Crippen LogP contribution in [0.4, 0.5) is 19.7 Å². The lowest BCUT2D eigenvalue weighted by Crippen LogP contribution is -2.49. The Bertz CT molecular complexity index is 931. The van der Waals surface area contributed by atoms with Crippen LogP contribution < -0.4 is 5.32 Å². The Balaban J connectivity index is 1.28. The fourth-order valence-electron chi connectivity index (χ4n) is 4.18. The third-order valence-electron chi connectivity index (χ3n) is 5.93. The molecule has 6 nitrogen and oxygen atoms in total. The molecular weight excluding hydrogens is 415 g/mol. The molecule has 4 amide bonds. The molecule has 2 saturated heterocycles. The summed E-state index contributed by atoms with van der Waals surface area (Å²) in [5.41, 5.74) is 1.72. The van der Waals surface area contributed by atoms with Crippen LogP contribution in [0, 0.1) is 5.82 Å². The number of halogens is 1. The van der Waals surface area contributed by atoms with Crippen molar-refractivity contribution >= 4 is 29.5 Å². The van der Waals surface area contributed by atoms with Gasteiger partial charge in [-0.05, 0) is 55.0 Å². The van der Waals surface area contributed by atoms with Crippen molar-refractivity contribution in [2.75, 3.05) is 37.8 Å². The summed E-state index contributed by atoms with van der Waals surface area (Å²) in [6, 6.07) is 14.2. The van der Waals surface area contributed by atoms with E-state index in [-0.39, 0.29) is 23.9 Å². The second-order valence-corrected chi connectivity index (χ2v) is 8.78. The van der Waals surface area contributed by atoms with Gasteiger partial charge in [0.1, 0.15) is 5.82 Å². The van der Waals surface area contributed by atoms with Gasteiger partial charge in [0.2, 0.25) is 0 Å². The first-order chi connectivity index (χ1) is 15.0. The van der Waals surface area contributed by atoms with Gasteiger partial charge in [0.15, 0.2) is 0 Å². The lowest BCUT2D eigenvalue weighted by molar-refractivity contribution is 0.139. The summed E-state index contributed by atoms with van der Waals surface area (Å²) in [5.74, 6) is -0.272. The van der Waals surface area contributed by atoms with Crippen molar-refractivity contribution in [3.8, 4) is 0 Å². The molecule has 2 aromatic carbocycles. The number of thioether (sulfide) groups is 1. The lowest BCUT2D eigenvalue weighted by Gasteiger charge is -2.36. The van der Waals surface area contributed by atoms with Crippen LogP contribution >= 0.6 is 11.8 Å². The van der Waals surface area contributed by atoms with Crippen molar-refractivity contribution in [1.82, 2.24) is 14.7 Å². The molecule has 2 aliphatic rings. The number of hydrogen-bond acceptors (Lipinski definition) is 3. The Labute approximate surface area is 186 Å². The first-order valence-electron chi connectivity index (χ1n) is 10.5. The molecule has 0 saturated carbocycles. The topological polar surface area (TPSA) is 55.9 Å². The molecule has 0 atom stereocenters.